The van der Waals surface area contributed by atoms with E-state index in [1.54, 1.807) is 0 Å². The Kier molecular flexibility index (Phi) is 5.25. The standard InChI is InChI=1S/C20H26N2/c21-19-13-7-8-14-20(19)22(15-17-9-3-1-4-10-17)16-18-11-5-2-6-12-18/h1-6,9-12,19-20H,7-8,13-16,21H2/t19-,20-/m1/s1. The third-order valence-corrected chi connectivity index (χ3v) is 4.71. The van der Waals surface area contributed by atoms with Crippen molar-refractivity contribution < 1.29 is 0 Å². The van der Waals surface area contributed by atoms with Gasteiger partial charge in [-0.1, -0.05) is 73.5 Å². The van der Waals surface area contributed by atoms with Gasteiger partial charge in [0, 0.05) is 25.2 Å². The number of benzene rings is 2. The fourth-order valence-electron chi connectivity index (χ4n) is 3.52. The van der Waals surface area contributed by atoms with Crippen molar-refractivity contribution in [1.82, 2.24) is 4.90 Å². The van der Waals surface area contributed by atoms with Crippen LogP contribution in [0.2, 0.25) is 0 Å². The van der Waals surface area contributed by atoms with Crippen molar-refractivity contribution in [1.29, 1.82) is 0 Å². The highest BCUT2D eigenvalue weighted by molar-refractivity contribution is 5.17. The lowest BCUT2D eigenvalue weighted by molar-refractivity contribution is 0.122. The molecule has 2 nitrogen and oxygen atoms in total. The van der Waals surface area contributed by atoms with Gasteiger partial charge in [0.15, 0.2) is 0 Å². The first-order valence-corrected chi connectivity index (χ1v) is 8.40. The van der Waals surface area contributed by atoms with Gasteiger partial charge in [0.1, 0.15) is 0 Å². The summed E-state index contributed by atoms with van der Waals surface area (Å²) in [6.45, 7) is 1.96. The first kappa shape index (κ1) is 15.3. The van der Waals surface area contributed by atoms with Gasteiger partial charge in [0.25, 0.3) is 0 Å². The van der Waals surface area contributed by atoms with Gasteiger partial charge >= 0.3 is 0 Å². The summed E-state index contributed by atoms with van der Waals surface area (Å²) in [6.07, 6.45) is 4.96. The molecule has 1 fully saturated rings. The summed E-state index contributed by atoms with van der Waals surface area (Å²) >= 11 is 0. The lowest BCUT2D eigenvalue weighted by Crippen LogP contribution is -2.48. The van der Waals surface area contributed by atoms with E-state index in [-0.39, 0.29) is 0 Å². The molecule has 0 radical (unpaired) electrons. The first-order valence-electron chi connectivity index (χ1n) is 8.40. The van der Waals surface area contributed by atoms with Crippen molar-refractivity contribution in [3.05, 3.63) is 71.8 Å². The molecular formula is C20H26N2. The predicted molar refractivity (Wildman–Crippen MR) is 92.4 cm³/mol. The van der Waals surface area contributed by atoms with Crippen molar-refractivity contribution in [3.8, 4) is 0 Å². The smallest absolute Gasteiger partial charge is 0.0254 e. The maximum absolute atomic E-state index is 6.45. The van der Waals surface area contributed by atoms with Crippen LogP contribution in [0.4, 0.5) is 0 Å². The van der Waals surface area contributed by atoms with E-state index in [0.29, 0.717) is 12.1 Å². The van der Waals surface area contributed by atoms with Crippen molar-refractivity contribution >= 4 is 0 Å². The second kappa shape index (κ2) is 7.57. The van der Waals surface area contributed by atoms with Gasteiger partial charge in [-0.3, -0.25) is 4.90 Å². The predicted octanol–water partition coefficient (Wildman–Crippen LogP) is 3.96. The van der Waals surface area contributed by atoms with Crippen molar-refractivity contribution in [2.24, 2.45) is 5.73 Å². The Labute approximate surface area is 134 Å². The molecule has 0 saturated heterocycles. The molecule has 2 atom stereocenters. The van der Waals surface area contributed by atoms with Gasteiger partial charge in [0.2, 0.25) is 0 Å². The Morgan fingerprint density at radius 2 is 1.27 bits per heavy atom. The first-order chi connectivity index (χ1) is 10.8. The molecule has 1 aliphatic carbocycles. The highest BCUT2D eigenvalue weighted by Gasteiger charge is 2.27. The van der Waals surface area contributed by atoms with Crippen LogP contribution < -0.4 is 5.73 Å². The highest BCUT2D eigenvalue weighted by Crippen LogP contribution is 2.25. The zero-order valence-electron chi connectivity index (χ0n) is 13.2. The van der Waals surface area contributed by atoms with Crippen molar-refractivity contribution in [2.75, 3.05) is 0 Å². The zero-order chi connectivity index (χ0) is 15.2. The molecule has 2 N–H and O–H groups in total. The number of rotatable bonds is 5. The van der Waals surface area contributed by atoms with E-state index in [1.807, 2.05) is 0 Å². The third kappa shape index (κ3) is 3.96. The van der Waals surface area contributed by atoms with E-state index in [2.05, 4.69) is 65.6 Å². The summed E-state index contributed by atoms with van der Waals surface area (Å²) in [5, 5.41) is 0. The number of nitrogens with zero attached hydrogens (tertiary/aromatic N) is 1. The van der Waals surface area contributed by atoms with E-state index in [9.17, 15) is 0 Å². The molecular weight excluding hydrogens is 268 g/mol. The van der Waals surface area contributed by atoms with E-state index in [1.165, 1.54) is 30.4 Å². The van der Waals surface area contributed by atoms with Crippen LogP contribution in [0.1, 0.15) is 36.8 Å². The maximum Gasteiger partial charge on any atom is 0.0254 e. The minimum absolute atomic E-state index is 0.307. The topological polar surface area (TPSA) is 29.3 Å². The second-order valence-electron chi connectivity index (χ2n) is 6.39. The summed E-state index contributed by atoms with van der Waals surface area (Å²) in [6, 6.07) is 22.3. The largest absolute Gasteiger partial charge is 0.326 e. The lowest BCUT2D eigenvalue weighted by Gasteiger charge is -2.38. The van der Waals surface area contributed by atoms with Crippen LogP contribution >= 0.6 is 0 Å². The van der Waals surface area contributed by atoms with Crippen LogP contribution in [-0.4, -0.2) is 17.0 Å². The quantitative estimate of drug-likeness (QED) is 0.904. The van der Waals surface area contributed by atoms with Gasteiger partial charge in [-0.25, -0.2) is 0 Å². The molecule has 22 heavy (non-hydrogen) atoms. The van der Waals surface area contributed by atoms with Crippen LogP contribution in [0.15, 0.2) is 60.7 Å². The number of nitrogens with two attached hydrogens (primary N) is 1. The van der Waals surface area contributed by atoms with Crippen LogP contribution in [0.5, 0.6) is 0 Å². The zero-order valence-corrected chi connectivity index (χ0v) is 13.2. The molecule has 0 spiro atoms. The fourth-order valence-corrected chi connectivity index (χ4v) is 3.52. The van der Waals surface area contributed by atoms with Crippen molar-refractivity contribution in [2.45, 2.75) is 50.9 Å². The van der Waals surface area contributed by atoms with Crippen LogP contribution in [-0.2, 0) is 13.1 Å². The molecule has 1 saturated carbocycles. The maximum atomic E-state index is 6.45. The lowest BCUT2D eigenvalue weighted by atomic mass is 9.89. The fraction of sp³-hybridized carbons (Fsp3) is 0.400. The molecule has 2 aromatic carbocycles. The van der Waals surface area contributed by atoms with Crippen LogP contribution in [0.3, 0.4) is 0 Å². The molecule has 116 valence electrons. The average molecular weight is 294 g/mol. The van der Waals surface area contributed by atoms with Crippen molar-refractivity contribution in [3.63, 3.8) is 0 Å². The summed E-state index contributed by atoms with van der Waals surface area (Å²) in [4.78, 5) is 2.58. The summed E-state index contributed by atoms with van der Waals surface area (Å²) in [5.41, 5.74) is 9.19. The molecule has 0 heterocycles. The van der Waals surface area contributed by atoms with Gasteiger partial charge < -0.3 is 5.73 Å². The van der Waals surface area contributed by atoms with Gasteiger partial charge in [-0.05, 0) is 24.0 Å². The Morgan fingerprint density at radius 1 is 0.773 bits per heavy atom. The van der Waals surface area contributed by atoms with E-state index < -0.39 is 0 Å². The monoisotopic (exact) mass is 294 g/mol. The van der Waals surface area contributed by atoms with E-state index in [0.717, 1.165) is 19.5 Å². The molecule has 2 heteroatoms. The molecule has 0 aliphatic heterocycles. The van der Waals surface area contributed by atoms with Gasteiger partial charge in [0.05, 0.1) is 0 Å². The van der Waals surface area contributed by atoms with Gasteiger partial charge in [-0.15, -0.1) is 0 Å². The molecule has 2 aromatic rings. The summed E-state index contributed by atoms with van der Waals surface area (Å²) < 4.78 is 0. The van der Waals surface area contributed by atoms with Crippen LogP contribution in [0, 0.1) is 0 Å². The van der Waals surface area contributed by atoms with Gasteiger partial charge in [-0.2, -0.15) is 0 Å². The highest BCUT2D eigenvalue weighted by atomic mass is 15.2. The SMILES string of the molecule is N[C@@H]1CCCC[C@H]1N(Cc1ccccc1)Cc1ccccc1. The average Bonchev–Trinajstić information content (AvgIpc) is 2.57. The Bertz CT molecular complexity index is 511. The molecule has 0 bridgehead atoms. The summed E-state index contributed by atoms with van der Waals surface area (Å²) in [7, 11) is 0. The molecule has 0 aromatic heterocycles. The molecule has 3 rings (SSSR count). The number of hydrogen-bond acceptors (Lipinski definition) is 2. The van der Waals surface area contributed by atoms with E-state index >= 15 is 0 Å². The van der Waals surface area contributed by atoms with E-state index in [4.69, 9.17) is 5.73 Å². The normalized spacial score (nSPS) is 21.9. The number of hydrogen-bond donors (Lipinski definition) is 1. The minimum atomic E-state index is 0.307. The Hall–Kier alpha value is -1.64. The Balaban J connectivity index is 1.78. The second-order valence-corrected chi connectivity index (χ2v) is 6.39. The van der Waals surface area contributed by atoms with Crippen LogP contribution in [0.25, 0.3) is 0 Å². The third-order valence-electron chi connectivity index (χ3n) is 4.71. The molecule has 1 aliphatic rings. The molecule has 0 unspecified atom stereocenters. The molecule has 0 amide bonds. The minimum Gasteiger partial charge on any atom is -0.326 e. The Morgan fingerprint density at radius 3 is 1.77 bits per heavy atom. The summed E-state index contributed by atoms with van der Waals surface area (Å²) in [5.74, 6) is 0.